The number of rotatable bonds is 6. The third-order valence-corrected chi connectivity index (χ3v) is 5.88. The molecule has 1 unspecified atom stereocenters. The van der Waals surface area contributed by atoms with Crippen LogP contribution >= 0.6 is 0 Å². The average Bonchev–Trinajstić information content (AvgIpc) is 2.92. The maximum absolute atomic E-state index is 12.6. The maximum Gasteiger partial charge on any atom is 0.179 e. The van der Waals surface area contributed by atoms with E-state index < -0.39 is 9.84 Å². The number of hydrogen-bond acceptors (Lipinski definition) is 3. The van der Waals surface area contributed by atoms with E-state index in [4.69, 9.17) is 0 Å². The Hall–Kier alpha value is -0.870. The SMILES string of the molecule is CCCC(CS(=O)(=O)c1ccc(C)cc1)N1CCCC1. The Balaban J connectivity index is 2.13. The molecule has 2 rings (SSSR count). The van der Waals surface area contributed by atoms with Crippen LogP contribution < -0.4 is 0 Å². The van der Waals surface area contributed by atoms with Gasteiger partial charge in [0.15, 0.2) is 9.84 Å². The molecule has 20 heavy (non-hydrogen) atoms. The molecule has 1 atom stereocenters. The van der Waals surface area contributed by atoms with E-state index in [1.54, 1.807) is 12.1 Å². The van der Waals surface area contributed by atoms with Crippen LogP contribution in [0.15, 0.2) is 29.2 Å². The predicted octanol–water partition coefficient (Wildman–Crippen LogP) is 3.03. The van der Waals surface area contributed by atoms with Crippen LogP contribution in [-0.4, -0.2) is 38.2 Å². The number of likely N-dealkylation sites (tertiary alicyclic amines) is 1. The summed E-state index contributed by atoms with van der Waals surface area (Å²) in [5.41, 5.74) is 1.09. The van der Waals surface area contributed by atoms with Crippen molar-refractivity contribution < 1.29 is 8.42 Å². The number of sulfone groups is 1. The van der Waals surface area contributed by atoms with Crippen LogP contribution in [0.5, 0.6) is 0 Å². The van der Waals surface area contributed by atoms with E-state index in [0.29, 0.717) is 4.90 Å². The molecule has 1 aromatic rings. The Labute approximate surface area is 122 Å². The lowest BCUT2D eigenvalue weighted by Gasteiger charge is -2.27. The molecule has 0 amide bonds. The zero-order valence-electron chi connectivity index (χ0n) is 12.5. The van der Waals surface area contributed by atoms with Crippen molar-refractivity contribution in [3.05, 3.63) is 29.8 Å². The van der Waals surface area contributed by atoms with Gasteiger partial charge in [0.1, 0.15) is 0 Å². The molecule has 0 radical (unpaired) electrons. The standard InChI is InChI=1S/C16H25NO2S/c1-3-6-15(17-11-4-5-12-17)13-20(18,19)16-9-7-14(2)8-10-16/h7-10,15H,3-6,11-13H2,1-2H3. The summed E-state index contributed by atoms with van der Waals surface area (Å²) in [6, 6.07) is 7.39. The normalized spacial score (nSPS) is 18.3. The van der Waals surface area contributed by atoms with Crippen LogP contribution in [0.3, 0.4) is 0 Å². The van der Waals surface area contributed by atoms with Crippen LogP contribution in [0.2, 0.25) is 0 Å². The minimum atomic E-state index is -3.18. The molecule has 1 aromatic carbocycles. The van der Waals surface area contributed by atoms with Crippen molar-refractivity contribution in [3.8, 4) is 0 Å². The fourth-order valence-corrected chi connectivity index (χ4v) is 4.53. The Bertz CT molecular complexity index is 516. The molecule has 1 heterocycles. The van der Waals surface area contributed by atoms with Crippen molar-refractivity contribution in [3.63, 3.8) is 0 Å². The third kappa shape index (κ3) is 3.83. The maximum atomic E-state index is 12.6. The van der Waals surface area contributed by atoms with E-state index in [-0.39, 0.29) is 11.8 Å². The summed E-state index contributed by atoms with van der Waals surface area (Å²) in [5.74, 6) is 0.254. The lowest BCUT2D eigenvalue weighted by Crippen LogP contribution is -2.38. The van der Waals surface area contributed by atoms with Gasteiger partial charge in [-0.25, -0.2) is 8.42 Å². The minimum absolute atomic E-state index is 0.175. The minimum Gasteiger partial charge on any atom is -0.299 e. The highest BCUT2D eigenvalue weighted by atomic mass is 32.2. The first kappa shape index (κ1) is 15.5. The van der Waals surface area contributed by atoms with Crippen LogP contribution in [0.4, 0.5) is 0 Å². The fraction of sp³-hybridized carbons (Fsp3) is 0.625. The van der Waals surface area contributed by atoms with E-state index in [1.165, 1.54) is 12.8 Å². The summed E-state index contributed by atoms with van der Waals surface area (Å²) in [6.45, 7) is 6.20. The number of hydrogen-bond donors (Lipinski definition) is 0. The van der Waals surface area contributed by atoms with E-state index in [1.807, 2.05) is 19.1 Å². The van der Waals surface area contributed by atoms with Gasteiger partial charge in [-0.15, -0.1) is 0 Å². The molecule has 0 aromatic heterocycles. The summed E-state index contributed by atoms with van der Waals surface area (Å²) in [5, 5.41) is 0. The topological polar surface area (TPSA) is 37.4 Å². The molecule has 1 saturated heterocycles. The van der Waals surface area contributed by atoms with Gasteiger partial charge in [-0.2, -0.15) is 0 Å². The molecule has 0 N–H and O–H groups in total. The van der Waals surface area contributed by atoms with Crippen LogP contribution in [-0.2, 0) is 9.84 Å². The molecule has 1 aliphatic rings. The zero-order valence-corrected chi connectivity index (χ0v) is 13.3. The highest BCUT2D eigenvalue weighted by Crippen LogP contribution is 2.20. The predicted molar refractivity (Wildman–Crippen MR) is 82.7 cm³/mol. The van der Waals surface area contributed by atoms with Gasteiger partial charge < -0.3 is 0 Å². The zero-order chi connectivity index (χ0) is 14.6. The molecule has 0 aliphatic carbocycles. The number of aryl methyl sites for hydroxylation is 1. The Kier molecular flexibility index (Phi) is 5.22. The van der Waals surface area contributed by atoms with E-state index >= 15 is 0 Å². The first-order chi connectivity index (χ1) is 9.53. The third-order valence-electron chi connectivity index (χ3n) is 4.07. The van der Waals surface area contributed by atoms with Gasteiger partial charge in [0.05, 0.1) is 10.6 Å². The first-order valence-corrected chi connectivity index (χ1v) is 9.21. The van der Waals surface area contributed by atoms with Crippen molar-refractivity contribution >= 4 is 9.84 Å². The smallest absolute Gasteiger partial charge is 0.179 e. The molecule has 4 heteroatoms. The van der Waals surface area contributed by atoms with Crippen LogP contribution in [0, 0.1) is 6.92 Å². The quantitative estimate of drug-likeness (QED) is 0.809. The van der Waals surface area contributed by atoms with E-state index in [2.05, 4.69) is 11.8 Å². The van der Waals surface area contributed by atoms with Crippen LogP contribution in [0.25, 0.3) is 0 Å². The van der Waals surface area contributed by atoms with Crippen molar-refractivity contribution in [1.82, 2.24) is 4.90 Å². The van der Waals surface area contributed by atoms with Gasteiger partial charge >= 0.3 is 0 Å². The molecule has 3 nitrogen and oxygen atoms in total. The summed E-state index contributed by atoms with van der Waals surface area (Å²) < 4.78 is 25.1. The highest BCUT2D eigenvalue weighted by molar-refractivity contribution is 7.91. The largest absolute Gasteiger partial charge is 0.299 e. The molecule has 112 valence electrons. The monoisotopic (exact) mass is 295 g/mol. The van der Waals surface area contributed by atoms with Gasteiger partial charge in [-0.1, -0.05) is 31.0 Å². The van der Waals surface area contributed by atoms with Gasteiger partial charge in [0.25, 0.3) is 0 Å². The molecule has 0 bridgehead atoms. The summed E-state index contributed by atoms with van der Waals surface area (Å²) in [4.78, 5) is 2.82. The van der Waals surface area contributed by atoms with Gasteiger partial charge in [-0.3, -0.25) is 4.90 Å². The lowest BCUT2D eigenvalue weighted by atomic mass is 10.2. The number of benzene rings is 1. The second-order valence-corrected chi connectivity index (χ2v) is 7.81. The van der Waals surface area contributed by atoms with E-state index in [9.17, 15) is 8.42 Å². The lowest BCUT2D eigenvalue weighted by molar-refractivity contribution is 0.247. The molecule has 1 aliphatic heterocycles. The second-order valence-electron chi connectivity index (χ2n) is 5.78. The molecule has 1 fully saturated rings. The average molecular weight is 295 g/mol. The van der Waals surface area contributed by atoms with Crippen molar-refractivity contribution in [2.24, 2.45) is 0 Å². The fourth-order valence-electron chi connectivity index (χ4n) is 2.91. The first-order valence-electron chi connectivity index (χ1n) is 7.56. The summed E-state index contributed by atoms with van der Waals surface area (Å²) in [7, 11) is -3.18. The summed E-state index contributed by atoms with van der Waals surface area (Å²) in [6.07, 6.45) is 4.39. The Morgan fingerprint density at radius 1 is 1.15 bits per heavy atom. The van der Waals surface area contributed by atoms with Gasteiger partial charge in [0.2, 0.25) is 0 Å². The number of nitrogens with zero attached hydrogens (tertiary/aromatic N) is 1. The molecular formula is C16H25NO2S. The highest BCUT2D eigenvalue weighted by Gasteiger charge is 2.27. The van der Waals surface area contributed by atoms with E-state index in [0.717, 1.165) is 31.5 Å². The molecule has 0 spiro atoms. The second kappa shape index (κ2) is 6.72. The van der Waals surface area contributed by atoms with Gasteiger partial charge in [-0.05, 0) is 51.4 Å². The van der Waals surface area contributed by atoms with Crippen LogP contribution in [0.1, 0.15) is 38.2 Å². The van der Waals surface area contributed by atoms with Crippen molar-refractivity contribution in [1.29, 1.82) is 0 Å². The Morgan fingerprint density at radius 2 is 1.75 bits per heavy atom. The molecule has 0 saturated carbocycles. The van der Waals surface area contributed by atoms with Gasteiger partial charge in [0, 0.05) is 6.04 Å². The Morgan fingerprint density at radius 3 is 2.30 bits per heavy atom. The van der Waals surface area contributed by atoms with Crippen molar-refractivity contribution in [2.75, 3.05) is 18.8 Å². The van der Waals surface area contributed by atoms with Crippen molar-refractivity contribution in [2.45, 2.75) is 50.5 Å². The molecular weight excluding hydrogens is 270 g/mol. The summed E-state index contributed by atoms with van der Waals surface area (Å²) >= 11 is 0.